The summed E-state index contributed by atoms with van der Waals surface area (Å²) in [4.78, 5) is 0. The van der Waals surface area contributed by atoms with Gasteiger partial charge in [0.2, 0.25) is 0 Å². The molecule has 5 nitrogen and oxygen atoms in total. The van der Waals surface area contributed by atoms with E-state index in [-0.39, 0.29) is 0 Å². The number of rotatable bonds is 5. The molecule has 0 amide bonds. The average Bonchev–Trinajstić information content (AvgIpc) is 2.86. The molecule has 0 unspecified atom stereocenters. The molecule has 0 bridgehead atoms. The van der Waals surface area contributed by atoms with Crippen LogP contribution < -0.4 is 14.8 Å². The van der Waals surface area contributed by atoms with Crippen LogP contribution in [0.1, 0.15) is 5.01 Å². The van der Waals surface area contributed by atoms with Gasteiger partial charge in [-0.15, -0.1) is 10.2 Å². The number of hydrogen-bond donors (Lipinski definition) is 1. The zero-order chi connectivity index (χ0) is 13.0. The summed E-state index contributed by atoms with van der Waals surface area (Å²) >= 11 is 1.52. The van der Waals surface area contributed by atoms with Crippen LogP contribution in [0.25, 0.3) is 10.6 Å². The Morgan fingerprint density at radius 3 is 2.39 bits per heavy atom. The number of nitrogens with zero attached hydrogens (tertiary/aromatic N) is 2. The number of hydrogen-bond acceptors (Lipinski definition) is 6. The first kappa shape index (κ1) is 12.8. The SMILES string of the molecule is CNCc1nnc(-c2c(OC)cccc2OC)s1. The van der Waals surface area contributed by atoms with Gasteiger partial charge in [-0.3, -0.25) is 0 Å². The third-order valence-electron chi connectivity index (χ3n) is 2.44. The van der Waals surface area contributed by atoms with Gasteiger partial charge in [-0.1, -0.05) is 17.4 Å². The quantitative estimate of drug-likeness (QED) is 0.895. The first-order valence-electron chi connectivity index (χ1n) is 5.48. The highest BCUT2D eigenvalue weighted by molar-refractivity contribution is 7.14. The van der Waals surface area contributed by atoms with E-state index in [1.54, 1.807) is 14.2 Å². The van der Waals surface area contributed by atoms with E-state index in [1.807, 2.05) is 25.2 Å². The fourth-order valence-electron chi connectivity index (χ4n) is 1.64. The lowest BCUT2D eigenvalue weighted by Crippen LogP contribution is -2.04. The van der Waals surface area contributed by atoms with Crippen LogP contribution in [0.3, 0.4) is 0 Å². The number of benzene rings is 1. The Morgan fingerprint density at radius 2 is 1.83 bits per heavy atom. The van der Waals surface area contributed by atoms with Gasteiger partial charge in [0.25, 0.3) is 0 Å². The Hall–Kier alpha value is -1.66. The van der Waals surface area contributed by atoms with Crippen LogP contribution in [-0.2, 0) is 6.54 Å². The van der Waals surface area contributed by atoms with Crippen LogP contribution in [0.4, 0.5) is 0 Å². The van der Waals surface area contributed by atoms with Gasteiger partial charge in [0.15, 0.2) is 5.01 Å². The second-order valence-electron chi connectivity index (χ2n) is 3.57. The molecular weight excluding hydrogens is 250 g/mol. The Bertz CT molecular complexity index is 506. The lowest BCUT2D eigenvalue weighted by atomic mass is 10.2. The molecule has 0 saturated heterocycles. The van der Waals surface area contributed by atoms with Crippen LogP contribution in [0.5, 0.6) is 11.5 Å². The van der Waals surface area contributed by atoms with Gasteiger partial charge in [-0.25, -0.2) is 0 Å². The van der Waals surface area contributed by atoms with Crippen molar-refractivity contribution in [3.8, 4) is 22.1 Å². The standard InChI is InChI=1S/C12H15N3O2S/c1-13-7-10-14-15-12(18-10)11-8(16-2)5-4-6-9(11)17-3/h4-6,13H,7H2,1-3H3. The first-order valence-corrected chi connectivity index (χ1v) is 6.30. The lowest BCUT2D eigenvalue weighted by molar-refractivity contribution is 0.397. The number of methoxy groups -OCH3 is 2. The Balaban J connectivity index is 2.47. The van der Waals surface area contributed by atoms with Gasteiger partial charge in [-0.05, 0) is 19.2 Å². The fourth-order valence-corrected chi connectivity index (χ4v) is 2.55. The summed E-state index contributed by atoms with van der Waals surface area (Å²) in [6.45, 7) is 0.704. The smallest absolute Gasteiger partial charge is 0.155 e. The molecule has 1 heterocycles. The second-order valence-corrected chi connectivity index (χ2v) is 4.63. The van der Waals surface area contributed by atoms with Gasteiger partial charge in [0.05, 0.1) is 19.8 Å². The molecule has 0 aliphatic rings. The summed E-state index contributed by atoms with van der Waals surface area (Å²) in [7, 11) is 5.15. The van der Waals surface area contributed by atoms with Crippen molar-refractivity contribution in [1.82, 2.24) is 15.5 Å². The van der Waals surface area contributed by atoms with Crippen molar-refractivity contribution in [2.75, 3.05) is 21.3 Å². The van der Waals surface area contributed by atoms with E-state index in [0.29, 0.717) is 6.54 Å². The molecule has 96 valence electrons. The molecule has 1 aromatic carbocycles. The third kappa shape index (κ3) is 2.44. The summed E-state index contributed by atoms with van der Waals surface area (Å²) in [6.07, 6.45) is 0. The van der Waals surface area contributed by atoms with Crippen molar-refractivity contribution in [1.29, 1.82) is 0 Å². The summed E-state index contributed by atoms with van der Waals surface area (Å²) in [5, 5.41) is 13.1. The molecule has 0 fully saturated rings. The molecule has 1 N–H and O–H groups in total. The van der Waals surface area contributed by atoms with Crippen molar-refractivity contribution in [3.63, 3.8) is 0 Å². The van der Waals surface area contributed by atoms with E-state index < -0.39 is 0 Å². The largest absolute Gasteiger partial charge is 0.496 e. The van der Waals surface area contributed by atoms with Crippen molar-refractivity contribution in [3.05, 3.63) is 23.2 Å². The van der Waals surface area contributed by atoms with Gasteiger partial charge in [0, 0.05) is 6.54 Å². The maximum atomic E-state index is 5.35. The number of ether oxygens (including phenoxy) is 2. The predicted octanol–water partition coefficient (Wildman–Crippen LogP) is 1.94. The first-order chi connectivity index (χ1) is 8.80. The molecule has 2 aromatic rings. The van der Waals surface area contributed by atoms with Crippen LogP contribution in [0, 0.1) is 0 Å². The molecule has 0 aliphatic carbocycles. The van der Waals surface area contributed by atoms with Gasteiger partial charge in [0.1, 0.15) is 16.5 Å². The van der Waals surface area contributed by atoms with E-state index in [9.17, 15) is 0 Å². The third-order valence-corrected chi connectivity index (χ3v) is 3.38. The minimum absolute atomic E-state index is 0.704. The zero-order valence-corrected chi connectivity index (χ0v) is 11.4. The van der Waals surface area contributed by atoms with E-state index >= 15 is 0 Å². The number of aromatic nitrogens is 2. The summed E-state index contributed by atoms with van der Waals surface area (Å²) < 4.78 is 10.7. The normalized spacial score (nSPS) is 10.4. The van der Waals surface area contributed by atoms with Crippen LogP contribution in [0.15, 0.2) is 18.2 Å². The minimum atomic E-state index is 0.704. The van der Waals surface area contributed by atoms with Gasteiger partial charge >= 0.3 is 0 Å². The van der Waals surface area contributed by atoms with Crippen molar-refractivity contribution < 1.29 is 9.47 Å². The lowest BCUT2D eigenvalue weighted by Gasteiger charge is -2.09. The Morgan fingerprint density at radius 1 is 1.17 bits per heavy atom. The molecule has 18 heavy (non-hydrogen) atoms. The van der Waals surface area contributed by atoms with E-state index in [4.69, 9.17) is 9.47 Å². The molecule has 6 heteroatoms. The predicted molar refractivity (Wildman–Crippen MR) is 71.2 cm³/mol. The second kappa shape index (κ2) is 5.79. The van der Waals surface area contributed by atoms with Crippen LogP contribution in [0.2, 0.25) is 0 Å². The monoisotopic (exact) mass is 265 g/mol. The van der Waals surface area contributed by atoms with E-state index in [1.165, 1.54) is 11.3 Å². The highest BCUT2D eigenvalue weighted by Gasteiger charge is 2.16. The molecule has 0 atom stereocenters. The maximum Gasteiger partial charge on any atom is 0.155 e. The van der Waals surface area contributed by atoms with Crippen LogP contribution in [-0.4, -0.2) is 31.5 Å². The highest BCUT2D eigenvalue weighted by atomic mass is 32.1. The highest BCUT2D eigenvalue weighted by Crippen LogP contribution is 2.39. The summed E-state index contributed by atoms with van der Waals surface area (Å²) in [6, 6.07) is 5.66. The van der Waals surface area contributed by atoms with E-state index in [2.05, 4.69) is 15.5 Å². The van der Waals surface area contributed by atoms with Crippen molar-refractivity contribution in [2.24, 2.45) is 0 Å². The minimum Gasteiger partial charge on any atom is -0.496 e. The molecule has 0 aliphatic heterocycles. The molecule has 1 aromatic heterocycles. The van der Waals surface area contributed by atoms with Gasteiger partial charge < -0.3 is 14.8 Å². The molecular formula is C12H15N3O2S. The number of nitrogens with one attached hydrogen (secondary N) is 1. The molecule has 0 saturated carbocycles. The topological polar surface area (TPSA) is 56.3 Å². The molecule has 2 rings (SSSR count). The average molecular weight is 265 g/mol. The molecule has 0 radical (unpaired) electrons. The van der Waals surface area contributed by atoms with Crippen LogP contribution >= 0.6 is 11.3 Å². The maximum absolute atomic E-state index is 5.35. The Kier molecular flexibility index (Phi) is 4.11. The fraction of sp³-hybridized carbons (Fsp3) is 0.333. The Labute approximate surface area is 110 Å². The summed E-state index contributed by atoms with van der Waals surface area (Å²) in [5.74, 6) is 1.48. The zero-order valence-electron chi connectivity index (χ0n) is 10.6. The molecule has 0 spiro atoms. The van der Waals surface area contributed by atoms with E-state index in [0.717, 1.165) is 27.1 Å². The van der Waals surface area contributed by atoms with Gasteiger partial charge in [-0.2, -0.15) is 0 Å². The van der Waals surface area contributed by atoms with Crippen molar-refractivity contribution in [2.45, 2.75) is 6.54 Å². The van der Waals surface area contributed by atoms with Crippen molar-refractivity contribution >= 4 is 11.3 Å². The summed E-state index contributed by atoms with van der Waals surface area (Å²) in [5.41, 5.74) is 0.849.